The molecule has 1 amide bonds. The topological polar surface area (TPSA) is 72.5 Å². The fraction of sp³-hybridized carbons (Fsp3) is 0.632. The van der Waals surface area contributed by atoms with Crippen LogP contribution < -0.4 is 5.73 Å². The van der Waals surface area contributed by atoms with Crippen molar-refractivity contribution in [1.82, 2.24) is 0 Å². The molecule has 1 aliphatic carbocycles. The summed E-state index contributed by atoms with van der Waals surface area (Å²) in [6.45, 7) is 8.01. The second-order valence-corrected chi connectivity index (χ2v) is 7.06. The van der Waals surface area contributed by atoms with Crippen LogP contribution in [-0.2, 0) is 10.2 Å². The third-order valence-electron chi connectivity index (χ3n) is 4.48. The normalized spacial score (nSPS) is 15.9. The van der Waals surface area contributed by atoms with Crippen LogP contribution in [0.4, 0.5) is 4.79 Å². The van der Waals surface area contributed by atoms with E-state index in [1.165, 1.54) is 30.4 Å². The molecule has 0 aliphatic heterocycles. The van der Waals surface area contributed by atoms with Crippen LogP contribution in [0.5, 0.6) is 0 Å². The van der Waals surface area contributed by atoms with Gasteiger partial charge in [-0.3, -0.25) is 0 Å². The maximum absolute atomic E-state index is 9.89. The van der Waals surface area contributed by atoms with Gasteiger partial charge in [0.15, 0.2) is 0 Å². The third-order valence-corrected chi connectivity index (χ3v) is 4.48. The molecule has 1 saturated carbocycles. The van der Waals surface area contributed by atoms with Gasteiger partial charge in [0.2, 0.25) is 0 Å². The van der Waals surface area contributed by atoms with Gasteiger partial charge in [-0.2, -0.15) is 0 Å². The number of primary amides is 1. The second kappa shape index (κ2) is 8.34. The molecule has 4 heteroatoms. The Morgan fingerprint density at radius 3 is 2.17 bits per heavy atom. The Morgan fingerprint density at radius 2 is 1.87 bits per heavy atom. The zero-order chi connectivity index (χ0) is 17.5. The van der Waals surface area contributed by atoms with Crippen molar-refractivity contribution in [2.24, 2.45) is 5.73 Å². The van der Waals surface area contributed by atoms with E-state index in [-0.39, 0.29) is 0 Å². The van der Waals surface area contributed by atoms with Crippen LogP contribution in [-0.4, -0.2) is 23.4 Å². The number of benzene rings is 1. The Hall–Kier alpha value is -1.55. The molecular formula is C19H31NO3. The summed E-state index contributed by atoms with van der Waals surface area (Å²) >= 11 is 0. The summed E-state index contributed by atoms with van der Waals surface area (Å²) in [6, 6.07) is 8.97. The van der Waals surface area contributed by atoms with Crippen LogP contribution in [0.25, 0.3) is 0 Å². The highest BCUT2D eigenvalue weighted by Gasteiger charge is 2.39. The van der Waals surface area contributed by atoms with Gasteiger partial charge in [-0.1, -0.05) is 36.2 Å². The quantitative estimate of drug-likeness (QED) is 0.858. The average molecular weight is 321 g/mol. The van der Waals surface area contributed by atoms with Gasteiger partial charge in [-0.05, 0) is 64.4 Å². The summed E-state index contributed by atoms with van der Waals surface area (Å²) in [4.78, 5) is 9.60. The van der Waals surface area contributed by atoms with Crippen molar-refractivity contribution in [3.63, 3.8) is 0 Å². The Balaban J connectivity index is 0.000000379. The van der Waals surface area contributed by atoms with Crippen molar-refractivity contribution in [3.8, 4) is 0 Å². The summed E-state index contributed by atoms with van der Waals surface area (Å²) < 4.78 is 4.18. The van der Waals surface area contributed by atoms with E-state index in [0.717, 1.165) is 12.8 Å². The predicted octanol–water partition coefficient (Wildman–Crippen LogP) is 4.07. The summed E-state index contributed by atoms with van der Waals surface area (Å²) in [5.41, 5.74) is 7.16. The summed E-state index contributed by atoms with van der Waals surface area (Å²) in [7, 11) is 0. The number of carbonyl (C=O) groups excluding carboxylic acids is 1. The average Bonchev–Trinajstić information content (AvgIpc) is 2.38. The molecule has 2 rings (SSSR count). The molecule has 0 bridgehead atoms. The summed E-state index contributed by atoms with van der Waals surface area (Å²) in [5, 5.41) is 9.89. The van der Waals surface area contributed by atoms with E-state index in [2.05, 4.69) is 41.7 Å². The monoisotopic (exact) mass is 321 g/mol. The smallest absolute Gasteiger partial charge is 0.404 e. The van der Waals surface area contributed by atoms with Crippen molar-refractivity contribution in [1.29, 1.82) is 0 Å². The van der Waals surface area contributed by atoms with Crippen molar-refractivity contribution in [2.45, 2.75) is 70.8 Å². The summed E-state index contributed by atoms with van der Waals surface area (Å²) in [6.07, 6.45) is 5.19. The number of hydrogen-bond acceptors (Lipinski definition) is 3. The van der Waals surface area contributed by atoms with E-state index >= 15 is 0 Å². The predicted molar refractivity (Wildman–Crippen MR) is 93.4 cm³/mol. The molecule has 0 spiro atoms. The molecule has 0 heterocycles. The maximum Gasteiger partial charge on any atom is 0.404 e. The van der Waals surface area contributed by atoms with Gasteiger partial charge in [0, 0.05) is 0 Å². The number of hydrogen-bond donors (Lipinski definition) is 2. The third kappa shape index (κ3) is 6.61. The maximum atomic E-state index is 9.89. The van der Waals surface area contributed by atoms with E-state index in [9.17, 15) is 9.90 Å². The number of rotatable bonds is 5. The van der Waals surface area contributed by atoms with Crippen LogP contribution in [0.3, 0.4) is 0 Å². The Kier molecular flexibility index (Phi) is 7.07. The number of aryl methyl sites for hydroxylation is 1. The number of nitrogens with two attached hydrogens (primary N) is 1. The minimum Gasteiger partial charge on any atom is -0.450 e. The molecule has 1 aromatic carbocycles. The van der Waals surface area contributed by atoms with Crippen molar-refractivity contribution in [2.75, 3.05) is 6.61 Å². The highest BCUT2D eigenvalue weighted by molar-refractivity contribution is 5.64. The van der Waals surface area contributed by atoms with E-state index in [1.54, 1.807) is 6.92 Å². The molecule has 4 nitrogen and oxygen atoms in total. The Labute approximate surface area is 140 Å². The number of amides is 1. The molecular weight excluding hydrogens is 290 g/mol. The first-order valence-electron chi connectivity index (χ1n) is 8.40. The lowest BCUT2D eigenvalue weighted by Crippen LogP contribution is -2.36. The van der Waals surface area contributed by atoms with Gasteiger partial charge in [0.25, 0.3) is 0 Å². The molecule has 0 saturated heterocycles. The zero-order valence-electron chi connectivity index (χ0n) is 14.9. The van der Waals surface area contributed by atoms with Crippen LogP contribution in [0.1, 0.15) is 64.0 Å². The standard InChI is InChI=1S/C16H24O.C3H7NO2/c1-13-5-7-14(8-6-13)16(9-4-10-16)12-11-15(2,3)17;1-2-6-3(4)5/h5-8,17H,4,9-12H2,1-3H3;2H2,1H3,(H2,4,5). The van der Waals surface area contributed by atoms with E-state index in [0.29, 0.717) is 12.0 Å². The van der Waals surface area contributed by atoms with Crippen LogP contribution in [0, 0.1) is 6.92 Å². The van der Waals surface area contributed by atoms with E-state index < -0.39 is 11.7 Å². The van der Waals surface area contributed by atoms with Crippen molar-refractivity contribution < 1.29 is 14.6 Å². The molecule has 0 atom stereocenters. The number of carbonyl (C=O) groups is 1. The molecule has 130 valence electrons. The molecule has 0 radical (unpaired) electrons. The zero-order valence-corrected chi connectivity index (χ0v) is 14.9. The highest BCUT2D eigenvalue weighted by atomic mass is 16.5. The fourth-order valence-corrected chi connectivity index (χ4v) is 2.88. The highest BCUT2D eigenvalue weighted by Crippen LogP contribution is 2.48. The number of ether oxygens (including phenoxy) is 1. The minimum absolute atomic E-state index is 0.355. The Morgan fingerprint density at radius 1 is 1.30 bits per heavy atom. The lowest BCUT2D eigenvalue weighted by Gasteiger charge is -2.44. The largest absolute Gasteiger partial charge is 0.450 e. The second-order valence-electron chi connectivity index (χ2n) is 7.06. The molecule has 1 fully saturated rings. The van der Waals surface area contributed by atoms with E-state index in [1.807, 2.05) is 13.8 Å². The van der Waals surface area contributed by atoms with Gasteiger partial charge < -0.3 is 15.6 Å². The first-order valence-corrected chi connectivity index (χ1v) is 8.40. The molecule has 0 unspecified atom stereocenters. The molecule has 1 aromatic rings. The SMILES string of the molecule is CCOC(N)=O.Cc1ccc(C2(CCC(C)(C)O)CCC2)cc1. The van der Waals surface area contributed by atoms with Gasteiger partial charge >= 0.3 is 6.09 Å². The minimum atomic E-state index is -0.711. The lowest BCUT2D eigenvalue weighted by atomic mass is 9.61. The molecule has 23 heavy (non-hydrogen) atoms. The lowest BCUT2D eigenvalue weighted by molar-refractivity contribution is 0.0519. The van der Waals surface area contributed by atoms with E-state index in [4.69, 9.17) is 0 Å². The Bertz CT molecular complexity index is 484. The first-order chi connectivity index (χ1) is 10.7. The molecule has 3 N–H and O–H groups in total. The van der Waals surface area contributed by atoms with Gasteiger partial charge in [-0.25, -0.2) is 4.79 Å². The molecule has 1 aliphatic rings. The fourth-order valence-electron chi connectivity index (χ4n) is 2.88. The number of aliphatic hydroxyl groups is 1. The van der Waals surface area contributed by atoms with Crippen molar-refractivity contribution in [3.05, 3.63) is 35.4 Å². The van der Waals surface area contributed by atoms with Crippen molar-refractivity contribution >= 4 is 6.09 Å². The van der Waals surface area contributed by atoms with Crippen LogP contribution in [0.15, 0.2) is 24.3 Å². The summed E-state index contributed by atoms with van der Waals surface area (Å²) in [5.74, 6) is 0. The van der Waals surface area contributed by atoms with Crippen LogP contribution in [0.2, 0.25) is 0 Å². The van der Waals surface area contributed by atoms with Crippen LogP contribution >= 0.6 is 0 Å². The van der Waals surface area contributed by atoms with Gasteiger partial charge in [0.05, 0.1) is 12.2 Å². The first kappa shape index (κ1) is 19.5. The van der Waals surface area contributed by atoms with Gasteiger partial charge in [-0.15, -0.1) is 0 Å². The van der Waals surface area contributed by atoms with Gasteiger partial charge in [0.1, 0.15) is 0 Å². The molecule has 0 aromatic heterocycles.